The van der Waals surface area contributed by atoms with Crippen molar-refractivity contribution in [3.63, 3.8) is 0 Å². The molecule has 0 fully saturated rings. The summed E-state index contributed by atoms with van der Waals surface area (Å²) < 4.78 is 13.0. The molecule has 3 aromatic rings. The highest BCUT2D eigenvalue weighted by Crippen LogP contribution is 2.30. The lowest BCUT2D eigenvalue weighted by Crippen LogP contribution is -2.14. The van der Waals surface area contributed by atoms with Gasteiger partial charge in [-0.1, -0.05) is 51.1 Å². The van der Waals surface area contributed by atoms with E-state index in [1.165, 1.54) is 17.7 Å². The topological polar surface area (TPSA) is 49.8 Å². The molecule has 1 heterocycles. The van der Waals surface area contributed by atoms with Gasteiger partial charge in [-0.2, -0.15) is 4.98 Å². The van der Waals surface area contributed by atoms with Crippen LogP contribution >= 0.6 is 0 Å². The van der Waals surface area contributed by atoms with Gasteiger partial charge < -0.3 is 10.6 Å². The summed E-state index contributed by atoms with van der Waals surface area (Å²) in [5.41, 5.74) is 3.24. The Bertz CT molecular complexity index is 870. The molecule has 2 aromatic carbocycles. The maximum atomic E-state index is 13.0. The minimum Gasteiger partial charge on any atom is -0.350 e. The van der Waals surface area contributed by atoms with Crippen molar-refractivity contribution < 1.29 is 4.39 Å². The zero-order chi connectivity index (χ0) is 18.6. The van der Waals surface area contributed by atoms with Gasteiger partial charge in [-0.05, 0) is 40.8 Å². The number of rotatable bonds is 5. The Hall–Kier alpha value is -2.95. The average molecular weight is 350 g/mol. The van der Waals surface area contributed by atoms with Gasteiger partial charge in [0.2, 0.25) is 5.95 Å². The summed E-state index contributed by atoms with van der Waals surface area (Å²) in [6.07, 6.45) is 1.71. The molecule has 4 nitrogen and oxygen atoms in total. The fraction of sp³-hybridized carbons (Fsp3) is 0.238. The zero-order valence-corrected chi connectivity index (χ0v) is 15.3. The number of hydrogen-bond donors (Lipinski definition) is 2. The van der Waals surface area contributed by atoms with E-state index >= 15 is 0 Å². The highest BCUT2D eigenvalue weighted by atomic mass is 19.1. The third-order valence-electron chi connectivity index (χ3n) is 4.02. The number of nitrogens with one attached hydrogen (secondary N) is 2. The number of benzene rings is 2. The lowest BCUT2D eigenvalue weighted by molar-refractivity contribution is 0.592. The van der Waals surface area contributed by atoms with Crippen molar-refractivity contribution >= 4 is 17.5 Å². The zero-order valence-electron chi connectivity index (χ0n) is 15.3. The standard InChI is InChI=1S/C21H23FN4/c1-21(2,3)17-6-4-5-7-18(17)25-19-12-13-23-20(26-19)24-14-15-8-10-16(22)11-9-15/h4-13H,14H2,1-3H3,(H2,23,24,25,26). The van der Waals surface area contributed by atoms with E-state index in [0.717, 1.165) is 17.1 Å². The van der Waals surface area contributed by atoms with E-state index in [-0.39, 0.29) is 11.2 Å². The number of aromatic nitrogens is 2. The Kier molecular flexibility index (Phi) is 5.16. The van der Waals surface area contributed by atoms with Gasteiger partial charge in [0, 0.05) is 18.4 Å². The van der Waals surface area contributed by atoms with Gasteiger partial charge in [0.15, 0.2) is 0 Å². The number of halogens is 1. The summed E-state index contributed by atoms with van der Waals surface area (Å²) in [4.78, 5) is 8.76. The van der Waals surface area contributed by atoms with Crippen LogP contribution in [0.4, 0.5) is 21.8 Å². The van der Waals surface area contributed by atoms with Crippen molar-refractivity contribution in [1.82, 2.24) is 9.97 Å². The quantitative estimate of drug-likeness (QED) is 0.658. The SMILES string of the molecule is CC(C)(C)c1ccccc1Nc1ccnc(NCc2ccc(F)cc2)n1. The first-order valence-electron chi connectivity index (χ1n) is 8.60. The maximum absolute atomic E-state index is 13.0. The minimum atomic E-state index is -0.242. The molecule has 0 saturated carbocycles. The molecule has 0 saturated heterocycles. The highest BCUT2D eigenvalue weighted by molar-refractivity contribution is 5.62. The van der Waals surface area contributed by atoms with Crippen LogP contribution in [0.3, 0.4) is 0 Å². The second-order valence-electron chi connectivity index (χ2n) is 7.17. The van der Waals surface area contributed by atoms with Crippen LogP contribution in [0.1, 0.15) is 31.9 Å². The molecule has 26 heavy (non-hydrogen) atoms. The summed E-state index contributed by atoms with van der Waals surface area (Å²) in [6.45, 7) is 7.08. The predicted molar refractivity (Wildman–Crippen MR) is 104 cm³/mol. The van der Waals surface area contributed by atoms with Crippen molar-refractivity contribution in [3.8, 4) is 0 Å². The van der Waals surface area contributed by atoms with Gasteiger partial charge in [-0.3, -0.25) is 0 Å². The van der Waals surface area contributed by atoms with Crippen molar-refractivity contribution in [2.24, 2.45) is 0 Å². The first-order valence-corrected chi connectivity index (χ1v) is 8.60. The Labute approximate surface area is 153 Å². The molecule has 2 N–H and O–H groups in total. The second-order valence-corrected chi connectivity index (χ2v) is 7.17. The third kappa shape index (κ3) is 4.57. The number of anilines is 3. The van der Waals surface area contributed by atoms with Gasteiger partial charge in [0.05, 0.1) is 0 Å². The van der Waals surface area contributed by atoms with Gasteiger partial charge >= 0.3 is 0 Å². The molecule has 134 valence electrons. The van der Waals surface area contributed by atoms with Crippen LogP contribution in [0, 0.1) is 5.82 Å². The smallest absolute Gasteiger partial charge is 0.224 e. The number of nitrogens with zero attached hydrogens (tertiary/aromatic N) is 2. The predicted octanol–water partition coefficient (Wildman–Crippen LogP) is 5.27. The Morgan fingerprint density at radius 1 is 0.962 bits per heavy atom. The van der Waals surface area contributed by atoms with E-state index in [2.05, 4.69) is 47.4 Å². The summed E-state index contributed by atoms with van der Waals surface area (Å²) in [7, 11) is 0. The van der Waals surface area contributed by atoms with Crippen LogP contribution in [0.25, 0.3) is 0 Å². The van der Waals surface area contributed by atoms with Crippen LogP contribution in [-0.2, 0) is 12.0 Å². The fourth-order valence-electron chi connectivity index (χ4n) is 2.68. The van der Waals surface area contributed by atoms with Gasteiger partial charge in [-0.25, -0.2) is 9.37 Å². The van der Waals surface area contributed by atoms with E-state index in [9.17, 15) is 4.39 Å². The lowest BCUT2D eigenvalue weighted by atomic mass is 9.86. The highest BCUT2D eigenvalue weighted by Gasteiger charge is 2.17. The van der Waals surface area contributed by atoms with Crippen molar-refractivity contribution in [2.45, 2.75) is 32.7 Å². The average Bonchev–Trinajstić information content (AvgIpc) is 2.61. The fourth-order valence-corrected chi connectivity index (χ4v) is 2.68. The van der Waals surface area contributed by atoms with E-state index in [0.29, 0.717) is 12.5 Å². The Morgan fingerprint density at radius 2 is 1.69 bits per heavy atom. The van der Waals surface area contributed by atoms with Crippen LogP contribution in [0.5, 0.6) is 0 Å². The van der Waals surface area contributed by atoms with Crippen molar-refractivity contribution in [3.05, 3.63) is 77.7 Å². The van der Waals surface area contributed by atoms with Gasteiger partial charge in [-0.15, -0.1) is 0 Å². The van der Waals surface area contributed by atoms with Crippen LogP contribution in [-0.4, -0.2) is 9.97 Å². The molecule has 0 aliphatic rings. The second kappa shape index (κ2) is 7.52. The summed E-state index contributed by atoms with van der Waals surface area (Å²) in [5, 5.41) is 6.55. The normalized spacial score (nSPS) is 11.2. The van der Waals surface area contributed by atoms with E-state index in [4.69, 9.17) is 0 Å². The third-order valence-corrected chi connectivity index (χ3v) is 4.02. The van der Waals surface area contributed by atoms with Gasteiger partial charge in [0.1, 0.15) is 11.6 Å². The number of hydrogen-bond acceptors (Lipinski definition) is 4. The molecule has 0 radical (unpaired) electrons. The van der Waals surface area contributed by atoms with Crippen LogP contribution < -0.4 is 10.6 Å². The molecular formula is C21H23FN4. The largest absolute Gasteiger partial charge is 0.350 e. The molecule has 0 unspecified atom stereocenters. The molecule has 5 heteroatoms. The molecule has 0 aliphatic heterocycles. The van der Waals surface area contributed by atoms with E-state index in [1.807, 2.05) is 24.3 Å². The molecule has 0 bridgehead atoms. The summed E-state index contributed by atoms with van der Waals surface area (Å²) in [5.74, 6) is 1.000. The molecule has 0 aliphatic carbocycles. The van der Waals surface area contributed by atoms with E-state index in [1.54, 1.807) is 18.3 Å². The minimum absolute atomic E-state index is 0.0281. The Balaban J connectivity index is 1.73. The molecular weight excluding hydrogens is 327 g/mol. The first kappa shape index (κ1) is 17.9. The van der Waals surface area contributed by atoms with Crippen LogP contribution in [0.15, 0.2) is 60.8 Å². The maximum Gasteiger partial charge on any atom is 0.224 e. The molecule has 3 rings (SSSR count). The van der Waals surface area contributed by atoms with Crippen molar-refractivity contribution in [1.29, 1.82) is 0 Å². The van der Waals surface area contributed by atoms with Crippen molar-refractivity contribution in [2.75, 3.05) is 10.6 Å². The van der Waals surface area contributed by atoms with E-state index < -0.39 is 0 Å². The van der Waals surface area contributed by atoms with Gasteiger partial charge in [0.25, 0.3) is 0 Å². The summed E-state index contributed by atoms with van der Waals surface area (Å²) >= 11 is 0. The molecule has 0 amide bonds. The molecule has 1 aromatic heterocycles. The Morgan fingerprint density at radius 3 is 2.42 bits per heavy atom. The number of para-hydroxylation sites is 1. The molecule has 0 spiro atoms. The first-order chi connectivity index (χ1) is 12.4. The lowest BCUT2D eigenvalue weighted by Gasteiger charge is -2.23. The van der Waals surface area contributed by atoms with Crippen LogP contribution in [0.2, 0.25) is 0 Å². The molecule has 0 atom stereocenters. The monoisotopic (exact) mass is 350 g/mol. The summed E-state index contributed by atoms with van der Waals surface area (Å²) in [6, 6.07) is 16.4.